The number of rotatable bonds is 7. The van der Waals surface area contributed by atoms with E-state index < -0.39 is 0 Å². The Hall–Kier alpha value is -1.40. The minimum atomic E-state index is -0.195. The number of thiazole rings is 1. The predicted molar refractivity (Wildman–Crippen MR) is 89.7 cm³/mol. The highest BCUT2D eigenvalue weighted by Gasteiger charge is 2.10. The van der Waals surface area contributed by atoms with E-state index in [2.05, 4.69) is 10.3 Å². The van der Waals surface area contributed by atoms with Gasteiger partial charge in [-0.2, -0.15) is 0 Å². The monoisotopic (exact) mass is 338 g/mol. The predicted octanol–water partition coefficient (Wildman–Crippen LogP) is 4.03. The van der Waals surface area contributed by atoms with Crippen molar-refractivity contribution in [1.82, 2.24) is 10.3 Å². The van der Waals surface area contributed by atoms with Crippen LogP contribution in [0.5, 0.6) is 0 Å². The van der Waals surface area contributed by atoms with Crippen LogP contribution < -0.4 is 5.32 Å². The molecule has 1 atom stereocenters. The normalized spacial score (nSPS) is 12.1. The Morgan fingerprint density at radius 2 is 2.23 bits per heavy atom. The fourth-order valence-corrected chi connectivity index (χ4v) is 3.61. The topological polar surface area (TPSA) is 42.0 Å². The maximum atomic E-state index is 13.5. The van der Waals surface area contributed by atoms with Gasteiger partial charge in [0.25, 0.3) is 0 Å². The summed E-state index contributed by atoms with van der Waals surface area (Å²) in [5, 5.41) is 4.81. The second kappa shape index (κ2) is 8.29. The fraction of sp³-hybridized carbons (Fsp3) is 0.375. The van der Waals surface area contributed by atoms with Crippen LogP contribution in [0.2, 0.25) is 0 Å². The first kappa shape index (κ1) is 17.0. The van der Waals surface area contributed by atoms with Gasteiger partial charge in [0.05, 0.1) is 12.1 Å². The van der Waals surface area contributed by atoms with Crippen molar-refractivity contribution >= 4 is 29.0 Å². The van der Waals surface area contributed by atoms with E-state index >= 15 is 0 Å². The Morgan fingerprint density at radius 3 is 2.95 bits per heavy atom. The molecular formula is C16H19FN2OS2. The Balaban J connectivity index is 1.86. The highest BCUT2D eigenvalue weighted by molar-refractivity contribution is 8.00. The molecule has 0 saturated carbocycles. The van der Waals surface area contributed by atoms with E-state index in [1.807, 2.05) is 25.3 Å². The molecule has 0 aliphatic heterocycles. The molecule has 118 valence electrons. The van der Waals surface area contributed by atoms with Gasteiger partial charge in [0, 0.05) is 17.2 Å². The Labute approximate surface area is 138 Å². The first-order chi connectivity index (χ1) is 10.6. The van der Waals surface area contributed by atoms with Crippen LogP contribution in [-0.2, 0) is 17.0 Å². The van der Waals surface area contributed by atoms with Crippen LogP contribution in [0.25, 0.3) is 0 Å². The number of halogens is 1. The molecule has 0 spiro atoms. The van der Waals surface area contributed by atoms with E-state index in [1.165, 1.54) is 29.2 Å². The quantitative estimate of drug-likeness (QED) is 0.775. The molecule has 1 heterocycles. The number of carbonyl (C=O) groups is 1. The van der Waals surface area contributed by atoms with Crippen molar-refractivity contribution in [1.29, 1.82) is 0 Å². The van der Waals surface area contributed by atoms with E-state index in [-0.39, 0.29) is 17.8 Å². The summed E-state index contributed by atoms with van der Waals surface area (Å²) in [6.07, 6.45) is 1.20. The summed E-state index contributed by atoms with van der Waals surface area (Å²) in [6, 6.07) is 6.92. The lowest BCUT2D eigenvalue weighted by molar-refractivity contribution is -0.121. The van der Waals surface area contributed by atoms with Gasteiger partial charge in [-0.05, 0) is 25.0 Å². The number of hydrogen-bond acceptors (Lipinski definition) is 4. The van der Waals surface area contributed by atoms with Gasteiger partial charge in [0.15, 0.2) is 0 Å². The van der Waals surface area contributed by atoms with Crippen molar-refractivity contribution in [3.63, 3.8) is 0 Å². The van der Waals surface area contributed by atoms with Crippen LogP contribution in [0.15, 0.2) is 34.0 Å². The molecule has 0 saturated heterocycles. The number of nitrogens with zero attached hydrogens (tertiary/aromatic N) is 1. The number of carbonyl (C=O) groups excluding carboxylic acids is 1. The minimum Gasteiger partial charge on any atom is -0.353 e. The summed E-state index contributed by atoms with van der Waals surface area (Å²) < 4.78 is 14.4. The molecule has 1 unspecified atom stereocenters. The van der Waals surface area contributed by atoms with Crippen molar-refractivity contribution in [2.24, 2.45) is 0 Å². The third-order valence-electron chi connectivity index (χ3n) is 3.20. The number of benzene rings is 1. The van der Waals surface area contributed by atoms with E-state index in [9.17, 15) is 9.18 Å². The average molecular weight is 338 g/mol. The molecule has 0 aliphatic rings. The molecule has 1 N–H and O–H groups in total. The van der Waals surface area contributed by atoms with Gasteiger partial charge in [0.1, 0.15) is 10.2 Å². The van der Waals surface area contributed by atoms with Crippen LogP contribution in [0.1, 0.15) is 31.5 Å². The van der Waals surface area contributed by atoms with Gasteiger partial charge in [-0.1, -0.05) is 36.9 Å². The van der Waals surface area contributed by atoms with Crippen molar-refractivity contribution in [2.45, 2.75) is 42.8 Å². The van der Waals surface area contributed by atoms with Gasteiger partial charge >= 0.3 is 0 Å². The van der Waals surface area contributed by atoms with Crippen LogP contribution in [-0.4, -0.2) is 16.9 Å². The van der Waals surface area contributed by atoms with Crippen LogP contribution in [0.4, 0.5) is 4.39 Å². The number of nitrogens with one attached hydrogen (secondary N) is 1. The number of aromatic nitrogens is 1. The van der Waals surface area contributed by atoms with Gasteiger partial charge in [-0.15, -0.1) is 11.3 Å². The van der Waals surface area contributed by atoms with Gasteiger partial charge in [0.2, 0.25) is 5.91 Å². The third kappa shape index (κ3) is 5.10. The smallest absolute Gasteiger partial charge is 0.226 e. The average Bonchev–Trinajstić information content (AvgIpc) is 2.93. The van der Waals surface area contributed by atoms with E-state index in [0.717, 1.165) is 16.5 Å². The number of amides is 1. The summed E-state index contributed by atoms with van der Waals surface area (Å²) in [6.45, 7) is 4.01. The van der Waals surface area contributed by atoms with E-state index in [1.54, 1.807) is 12.1 Å². The van der Waals surface area contributed by atoms with Crippen LogP contribution >= 0.6 is 23.1 Å². The molecule has 0 radical (unpaired) electrons. The Kier molecular flexibility index (Phi) is 6.39. The largest absolute Gasteiger partial charge is 0.353 e. The van der Waals surface area contributed by atoms with Crippen LogP contribution in [0.3, 0.4) is 0 Å². The highest BCUT2D eigenvalue weighted by Crippen LogP contribution is 2.27. The third-order valence-corrected chi connectivity index (χ3v) is 5.32. The fourth-order valence-electron chi connectivity index (χ4n) is 1.78. The SMILES string of the molecule is CCC(C)NC(=O)Cc1csc(SCc2ccccc2F)n1. The zero-order valence-electron chi connectivity index (χ0n) is 12.6. The summed E-state index contributed by atoms with van der Waals surface area (Å²) in [7, 11) is 0. The van der Waals surface area contributed by atoms with E-state index in [0.29, 0.717) is 17.7 Å². The number of hydrogen-bond donors (Lipinski definition) is 1. The second-order valence-electron chi connectivity index (χ2n) is 5.04. The molecular weight excluding hydrogens is 319 g/mol. The molecule has 22 heavy (non-hydrogen) atoms. The molecule has 2 aromatic rings. The van der Waals surface area contributed by atoms with Crippen molar-refractivity contribution in [3.8, 4) is 0 Å². The highest BCUT2D eigenvalue weighted by atomic mass is 32.2. The molecule has 2 rings (SSSR count). The minimum absolute atomic E-state index is 0.00898. The zero-order chi connectivity index (χ0) is 15.9. The lowest BCUT2D eigenvalue weighted by Gasteiger charge is -2.10. The maximum Gasteiger partial charge on any atom is 0.226 e. The first-order valence-electron chi connectivity index (χ1n) is 7.18. The molecule has 0 fully saturated rings. The van der Waals surface area contributed by atoms with Gasteiger partial charge < -0.3 is 5.32 Å². The molecule has 1 amide bonds. The lowest BCUT2D eigenvalue weighted by Crippen LogP contribution is -2.33. The van der Waals surface area contributed by atoms with Crippen molar-refractivity contribution in [3.05, 3.63) is 46.7 Å². The molecule has 6 heteroatoms. The maximum absolute atomic E-state index is 13.5. The van der Waals surface area contributed by atoms with Gasteiger partial charge in [-0.3, -0.25) is 4.79 Å². The second-order valence-corrected chi connectivity index (χ2v) is 7.12. The summed E-state index contributed by atoms with van der Waals surface area (Å²) >= 11 is 2.98. The Bertz CT molecular complexity index is 630. The summed E-state index contributed by atoms with van der Waals surface area (Å²) in [5.41, 5.74) is 1.43. The van der Waals surface area contributed by atoms with Crippen molar-refractivity contribution in [2.75, 3.05) is 0 Å². The lowest BCUT2D eigenvalue weighted by atomic mass is 10.2. The molecule has 1 aromatic heterocycles. The van der Waals surface area contributed by atoms with E-state index in [4.69, 9.17) is 0 Å². The Morgan fingerprint density at radius 1 is 1.45 bits per heavy atom. The van der Waals surface area contributed by atoms with Crippen molar-refractivity contribution < 1.29 is 9.18 Å². The molecule has 0 bridgehead atoms. The molecule has 3 nitrogen and oxygen atoms in total. The van der Waals surface area contributed by atoms with Crippen LogP contribution in [0, 0.1) is 5.82 Å². The first-order valence-corrected chi connectivity index (χ1v) is 9.05. The molecule has 1 aromatic carbocycles. The summed E-state index contributed by atoms with van der Waals surface area (Å²) in [5.74, 6) is 0.337. The van der Waals surface area contributed by atoms with Gasteiger partial charge in [-0.25, -0.2) is 9.37 Å². The summed E-state index contributed by atoms with van der Waals surface area (Å²) in [4.78, 5) is 16.2. The number of thioether (sulfide) groups is 1. The zero-order valence-corrected chi connectivity index (χ0v) is 14.3. The standard InChI is InChI=1S/C16H19FN2OS2/c1-3-11(2)18-15(20)8-13-10-22-16(19-13)21-9-12-6-4-5-7-14(12)17/h4-7,10-11H,3,8-9H2,1-2H3,(H,18,20). The molecule has 0 aliphatic carbocycles.